The van der Waals surface area contributed by atoms with Crippen LogP contribution in [0.3, 0.4) is 0 Å². The number of nitrogens with zero attached hydrogens (tertiary/aromatic N) is 3. The maximum absolute atomic E-state index is 13.7. The van der Waals surface area contributed by atoms with Gasteiger partial charge in [0.25, 0.3) is 0 Å². The van der Waals surface area contributed by atoms with Crippen LogP contribution < -0.4 is 5.32 Å². The molecule has 6 nitrogen and oxygen atoms in total. The SMILES string of the molecule is CCNC(=O)N1CCN([C@H](C(=O)N2CCc3ccccc3C2)C2CCCC2)CC1. The second kappa shape index (κ2) is 9.16. The fourth-order valence-corrected chi connectivity index (χ4v) is 5.27. The molecule has 158 valence electrons. The van der Waals surface area contributed by atoms with E-state index in [-0.39, 0.29) is 12.1 Å². The molecule has 1 aromatic rings. The molecule has 0 radical (unpaired) electrons. The van der Waals surface area contributed by atoms with Crippen molar-refractivity contribution in [1.82, 2.24) is 20.0 Å². The van der Waals surface area contributed by atoms with Gasteiger partial charge in [-0.2, -0.15) is 0 Å². The highest BCUT2D eigenvalue weighted by atomic mass is 16.2. The maximum atomic E-state index is 13.7. The van der Waals surface area contributed by atoms with Gasteiger partial charge in [-0.1, -0.05) is 37.1 Å². The molecule has 1 aromatic carbocycles. The van der Waals surface area contributed by atoms with Crippen molar-refractivity contribution in [2.24, 2.45) is 5.92 Å². The lowest BCUT2D eigenvalue weighted by atomic mass is 9.92. The number of hydrogen-bond acceptors (Lipinski definition) is 3. The Hall–Kier alpha value is -2.08. The van der Waals surface area contributed by atoms with Crippen LogP contribution in [0, 0.1) is 5.92 Å². The maximum Gasteiger partial charge on any atom is 0.317 e. The van der Waals surface area contributed by atoms with Crippen LogP contribution in [-0.2, 0) is 17.8 Å². The van der Waals surface area contributed by atoms with E-state index in [1.807, 2.05) is 11.8 Å². The van der Waals surface area contributed by atoms with Gasteiger partial charge in [0, 0.05) is 45.8 Å². The predicted octanol–water partition coefficient (Wildman–Crippen LogP) is 2.48. The van der Waals surface area contributed by atoms with Crippen molar-refractivity contribution in [3.05, 3.63) is 35.4 Å². The summed E-state index contributed by atoms with van der Waals surface area (Å²) >= 11 is 0. The molecule has 2 aliphatic heterocycles. The minimum absolute atomic E-state index is 0.0172. The van der Waals surface area contributed by atoms with Crippen molar-refractivity contribution >= 4 is 11.9 Å². The Morgan fingerprint density at radius 3 is 2.38 bits per heavy atom. The third-order valence-electron chi connectivity index (χ3n) is 6.86. The minimum atomic E-state index is -0.0286. The Bertz CT molecular complexity index is 723. The summed E-state index contributed by atoms with van der Waals surface area (Å²) in [7, 11) is 0. The number of benzene rings is 1. The van der Waals surface area contributed by atoms with Crippen molar-refractivity contribution in [1.29, 1.82) is 0 Å². The van der Waals surface area contributed by atoms with Gasteiger partial charge < -0.3 is 15.1 Å². The van der Waals surface area contributed by atoms with Gasteiger partial charge in [-0.25, -0.2) is 4.79 Å². The molecule has 3 aliphatic rings. The molecule has 6 heteroatoms. The van der Waals surface area contributed by atoms with Crippen LogP contribution in [0.2, 0.25) is 0 Å². The molecule has 1 atom stereocenters. The molecule has 3 amide bonds. The Morgan fingerprint density at radius 1 is 1.00 bits per heavy atom. The van der Waals surface area contributed by atoms with Crippen LogP contribution in [0.4, 0.5) is 4.79 Å². The van der Waals surface area contributed by atoms with Crippen molar-refractivity contribution < 1.29 is 9.59 Å². The Morgan fingerprint density at radius 2 is 1.69 bits per heavy atom. The van der Waals surface area contributed by atoms with Crippen LogP contribution in [0.15, 0.2) is 24.3 Å². The number of rotatable bonds is 4. The molecule has 0 spiro atoms. The van der Waals surface area contributed by atoms with Crippen LogP contribution >= 0.6 is 0 Å². The van der Waals surface area contributed by atoms with E-state index in [1.54, 1.807) is 0 Å². The molecule has 0 unspecified atom stereocenters. The fraction of sp³-hybridized carbons (Fsp3) is 0.652. The number of fused-ring (bicyclic) bond motifs is 1. The summed E-state index contributed by atoms with van der Waals surface area (Å²) in [6, 6.07) is 8.49. The Balaban J connectivity index is 1.45. The first-order chi connectivity index (χ1) is 14.2. The molecule has 0 bridgehead atoms. The highest BCUT2D eigenvalue weighted by Crippen LogP contribution is 2.33. The number of piperazine rings is 1. The smallest absolute Gasteiger partial charge is 0.317 e. The number of carbonyl (C=O) groups is 2. The molecular formula is C23H34N4O2. The van der Waals surface area contributed by atoms with E-state index < -0.39 is 0 Å². The van der Waals surface area contributed by atoms with Crippen molar-refractivity contribution in [3.63, 3.8) is 0 Å². The number of urea groups is 1. The quantitative estimate of drug-likeness (QED) is 0.848. The first kappa shape index (κ1) is 20.2. The molecule has 29 heavy (non-hydrogen) atoms. The highest BCUT2D eigenvalue weighted by molar-refractivity contribution is 5.82. The standard InChI is InChI=1S/C23H34N4O2/c1-2-24-23(29)26-15-13-25(14-16-26)21(19-8-4-5-9-19)22(28)27-12-11-18-7-3-6-10-20(18)17-27/h3,6-7,10,19,21H,2,4-5,8-9,11-17H2,1H3,(H,24,29)/t21-/m0/s1. The van der Waals surface area contributed by atoms with Gasteiger partial charge in [0.05, 0.1) is 6.04 Å². The van der Waals surface area contributed by atoms with Crippen LogP contribution in [-0.4, -0.2) is 71.9 Å². The summed E-state index contributed by atoms with van der Waals surface area (Å²) in [5, 5.41) is 2.89. The molecule has 1 saturated carbocycles. The molecule has 2 fully saturated rings. The van der Waals surface area contributed by atoms with E-state index in [0.29, 0.717) is 31.5 Å². The van der Waals surface area contributed by atoms with E-state index in [0.717, 1.165) is 45.4 Å². The zero-order valence-electron chi connectivity index (χ0n) is 17.6. The monoisotopic (exact) mass is 398 g/mol. The van der Waals surface area contributed by atoms with Crippen molar-refractivity contribution in [2.75, 3.05) is 39.3 Å². The minimum Gasteiger partial charge on any atom is -0.338 e. The van der Waals surface area contributed by atoms with Gasteiger partial charge in [-0.05, 0) is 43.2 Å². The largest absolute Gasteiger partial charge is 0.338 e. The van der Waals surface area contributed by atoms with Crippen LogP contribution in [0.25, 0.3) is 0 Å². The average molecular weight is 399 g/mol. The molecule has 0 aromatic heterocycles. The predicted molar refractivity (Wildman–Crippen MR) is 114 cm³/mol. The van der Waals surface area contributed by atoms with E-state index in [1.165, 1.54) is 24.0 Å². The van der Waals surface area contributed by atoms with Gasteiger partial charge in [-0.3, -0.25) is 9.69 Å². The fourth-order valence-electron chi connectivity index (χ4n) is 5.27. The lowest BCUT2D eigenvalue weighted by Gasteiger charge is -2.43. The number of carbonyl (C=O) groups excluding carboxylic acids is 2. The summed E-state index contributed by atoms with van der Waals surface area (Å²) in [5.74, 6) is 0.758. The van der Waals surface area contributed by atoms with Crippen LogP contribution in [0.5, 0.6) is 0 Å². The normalized spacial score (nSPS) is 21.7. The van der Waals surface area contributed by atoms with E-state index in [2.05, 4.69) is 39.4 Å². The lowest BCUT2D eigenvalue weighted by Crippen LogP contribution is -2.59. The molecule has 2 heterocycles. The highest BCUT2D eigenvalue weighted by Gasteiger charge is 2.39. The van der Waals surface area contributed by atoms with E-state index in [9.17, 15) is 9.59 Å². The summed E-state index contributed by atoms with van der Waals surface area (Å²) in [4.78, 5) is 32.2. The van der Waals surface area contributed by atoms with Gasteiger partial charge >= 0.3 is 6.03 Å². The lowest BCUT2D eigenvalue weighted by molar-refractivity contribution is -0.141. The van der Waals surface area contributed by atoms with Crippen molar-refractivity contribution in [2.45, 2.75) is 51.6 Å². The Kier molecular flexibility index (Phi) is 6.38. The first-order valence-corrected chi connectivity index (χ1v) is 11.3. The third-order valence-corrected chi connectivity index (χ3v) is 6.86. The molecular weight excluding hydrogens is 364 g/mol. The van der Waals surface area contributed by atoms with Gasteiger partial charge in [0.2, 0.25) is 5.91 Å². The third kappa shape index (κ3) is 4.42. The van der Waals surface area contributed by atoms with Gasteiger partial charge in [-0.15, -0.1) is 0 Å². The Labute approximate surface area is 174 Å². The molecule has 1 N–H and O–H groups in total. The summed E-state index contributed by atoms with van der Waals surface area (Å²) in [6.07, 6.45) is 5.71. The number of hydrogen-bond donors (Lipinski definition) is 1. The molecule has 1 aliphatic carbocycles. The van der Waals surface area contributed by atoms with Crippen LogP contribution in [0.1, 0.15) is 43.7 Å². The first-order valence-electron chi connectivity index (χ1n) is 11.3. The number of amides is 3. The molecule has 1 saturated heterocycles. The molecule has 4 rings (SSSR count). The van der Waals surface area contributed by atoms with E-state index in [4.69, 9.17) is 0 Å². The summed E-state index contributed by atoms with van der Waals surface area (Å²) in [6.45, 7) is 7.12. The van der Waals surface area contributed by atoms with E-state index >= 15 is 0 Å². The topological polar surface area (TPSA) is 55.9 Å². The summed E-state index contributed by atoms with van der Waals surface area (Å²) in [5.41, 5.74) is 2.67. The second-order valence-electron chi connectivity index (χ2n) is 8.63. The second-order valence-corrected chi connectivity index (χ2v) is 8.63. The summed E-state index contributed by atoms with van der Waals surface area (Å²) < 4.78 is 0. The average Bonchev–Trinajstić information content (AvgIpc) is 3.28. The zero-order chi connectivity index (χ0) is 20.2. The van der Waals surface area contributed by atoms with Gasteiger partial charge in [0.1, 0.15) is 0 Å². The number of nitrogens with one attached hydrogen (secondary N) is 1. The van der Waals surface area contributed by atoms with Gasteiger partial charge in [0.15, 0.2) is 0 Å². The zero-order valence-corrected chi connectivity index (χ0v) is 17.6. The van der Waals surface area contributed by atoms with Crippen molar-refractivity contribution in [3.8, 4) is 0 Å².